The number of nitrogens with one attached hydrogen (secondary N) is 2. The molecule has 320 valence electrons. The number of ketones is 3. The number of aliphatic hydroxyl groups is 2. The van der Waals surface area contributed by atoms with Crippen molar-refractivity contribution < 1.29 is 24.6 Å². The molecule has 7 heteroatoms. The largest absolute Gasteiger partial charge is 0.396 e. The first-order valence-electron chi connectivity index (χ1n) is 22.6. The van der Waals surface area contributed by atoms with Crippen molar-refractivity contribution in [2.45, 2.75) is 39.5 Å². The van der Waals surface area contributed by atoms with Crippen molar-refractivity contribution in [3.05, 3.63) is 179 Å². The second kappa shape index (κ2) is 19.0. The summed E-state index contributed by atoms with van der Waals surface area (Å²) in [6.45, 7) is 6.30. The summed E-state index contributed by atoms with van der Waals surface area (Å²) in [6, 6.07) is 38.3. The van der Waals surface area contributed by atoms with Crippen molar-refractivity contribution in [3.63, 3.8) is 0 Å². The van der Waals surface area contributed by atoms with Crippen LogP contribution < -0.4 is 10.6 Å². The predicted molar refractivity (Wildman–Crippen MR) is 247 cm³/mol. The number of allylic oxidation sites excluding steroid dienone is 8. The Balaban J connectivity index is 1.45. The second-order valence-electron chi connectivity index (χ2n) is 18.0. The van der Waals surface area contributed by atoms with Gasteiger partial charge in [0.1, 0.15) is 0 Å². The van der Waals surface area contributed by atoms with E-state index in [1.165, 1.54) is 0 Å². The Morgan fingerprint density at radius 1 is 0.565 bits per heavy atom. The third-order valence-corrected chi connectivity index (χ3v) is 14.5. The zero-order chi connectivity index (χ0) is 43.3. The maximum absolute atomic E-state index is 17.4. The molecule has 4 aromatic rings. The van der Waals surface area contributed by atoms with E-state index < -0.39 is 34.5 Å². The molecule has 4 N–H and O–H groups in total. The molecule has 8 atom stereocenters. The minimum absolute atomic E-state index is 0.0188. The molecule has 6 unspecified atom stereocenters. The number of hydrogen-bond acceptors (Lipinski definition) is 7. The van der Waals surface area contributed by atoms with Gasteiger partial charge in [-0.05, 0) is 110 Å². The van der Waals surface area contributed by atoms with Crippen molar-refractivity contribution in [1.29, 1.82) is 0 Å². The molecule has 2 aliphatic carbocycles. The van der Waals surface area contributed by atoms with E-state index in [-0.39, 0.29) is 42.4 Å². The molecule has 2 saturated heterocycles. The number of benzene rings is 4. The Hall–Kier alpha value is -5.31. The number of hydrogen-bond donors (Lipinski definition) is 4. The normalized spacial score (nSPS) is 27.4. The van der Waals surface area contributed by atoms with E-state index >= 15 is 14.4 Å². The summed E-state index contributed by atoms with van der Waals surface area (Å²) in [5, 5.41) is 30.4. The van der Waals surface area contributed by atoms with Crippen LogP contribution in [0.15, 0.2) is 157 Å². The zero-order valence-corrected chi connectivity index (χ0v) is 36.0. The summed E-state index contributed by atoms with van der Waals surface area (Å²) in [6.07, 6.45) is 11.8. The van der Waals surface area contributed by atoms with Crippen molar-refractivity contribution in [2.24, 2.45) is 46.3 Å². The summed E-state index contributed by atoms with van der Waals surface area (Å²) in [5.74, 6) is -2.79. The minimum atomic E-state index is -1.43. The molecule has 8 rings (SSSR count). The van der Waals surface area contributed by atoms with Gasteiger partial charge in [0.05, 0.1) is 10.8 Å². The quantitative estimate of drug-likeness (QED) is 0.0940. The van der Waals surface area contributed by atoms with Crippen molar-refractivity contribution >= 4 is 28.5 Å². The number of aliphatic hydroxyl groups excluding tert-OH is 2. The Labute approximate surface area is 366 Å². The fraction of sp³-hybridized carbons (Fsp3) is 0.364. The fourth-order valence-electron chi connectivity index (χ4n) is 11.2. The van der Waals surface area contributed by atoms with Gasteiger partial charge in [-0.15, -0.1) is 0 Å². The number of carbonyl (C=O) groups is 3. The van der Waals surface area contributed by atoms with Crippen LogP contribution in [0.5, 0.6) is 0 Å². The Kier molecular flexibility index (Phi) is 13.3. The fourth-order valence-corrected chi connectivity index (χ4v) is 11.2. The summed E-state index contributed by atoms with van der Waals surface area (Å²) in [7, 11) is 0. The number of piperidine rings is 2. The third-order valence-electron chi connectivity index (χ3n) is 14.5. The topological polar surface area (TPSA) is 116 Å². The van der Waals surface area contributed by atoms with Crippen LogP contribution in [0.3, 0.4) is 0 Å². The highest BCUT2D eigenvalue weighted by Gasteiger charge is 2.62. The monoisotopic (exact) mass is 828 g/mol. The number of Topliss-reactive ketones (excluding diaryl/α,β-unsaturated/α-hetero) is 3. The highest BCUT2D eigenvalue weighted by Crippen LogP contribution is 2.60. The lowest BCUT2D eigenvalue weighted by Crippen LogP contribution is -2.60. The van der Waals surface area contributed by atoms with Crippen LogP contribution in [0.1, 0.15) is 71.4 Å². The van der Waals surface area contributed by atoms with Gasteiger partial charge in [0, 0.05) is 35.5 Å². The molecule has 4 aliphatic rings. The molecule has 0 spiro atoms. The van der Waals surface area contributed by atoms with Gasteiger partial charge in [0.15, 0.2) is 17.3 Å². The first kappa shape index (κ1) is 43.3. The second-order valence-corrected chi connectivity index (χ2v) is 18.0. The van der Waals surface area contributed by atoms with Gasteiger partial charge >= 0.3 is 0 Å². The molecule has 0 radical (unpaired) electrons. The van der Waals surface area contributed by atoms with Crippen LogP contribution in [0.4, 0.5) is 0 Å². The third kappa shape index (κ3) is 7.96. The van der Waals surface area contributed by atoms with E-state index in [1.54, 1.807) is 0 Å². The highest BCUT2D eigenvalue weighted by atomic mass is 16.3. The molecule has 7 nitrogen and oxygen atoms in total. The van der Waals surface area contributed by atoms with Gasteiger partial charge in [-0.1, -0.05) is 159 Å². The van der Waals surface area contributed by atoms with Crippen LogP contribution in [-0.4, -0.2) is 67.0 Å². The van der Waals surface area contributed by atoms with Crippen LogP contribution >= 0.6 is 0 Å². The molecule has 2 fully saturated rings. The zero-order valence-electron chi connectivity index (χ0n) is 36.0. The van der Waals surface area contributed by atoms with Crippen LogP contribution in [0, 0.1) is 46.3 Å². The molecule has 0 aromatic heterocycles. The smallest absolute Gasteiger partial charge is 0.193 e. The first-order valence-corrected chi connectivity index (χ1v) is 22.6. The number of rotatable bonds is 14. The molecule has 2 aliphatic heterocycles. The van der Waals surface area contributed by atoms with Gasteiger partial charge < -0.3 is 20.8 Å². The average Bonchev–Trinajstić information content (AvgIpc) is 3.35. The molecule has 4 aromatic carbocycles. The number of carbonyl (C=O) groups excluding carboxylic acids is 3. The van der Waals surface area contributed by atoms with Crippen molar-refractivity contribution in [1.82, 2.24) is 10.6 Å². The summed E-state index contributed by atoms with van der Waals surface area (Å²) >= 11 is 0. The van der Waals surface area contributed by atoms with E-state index in [0.717, 1.165) is 61.0 Å². The predicted octanol–water partition coefficient (Wildman–Crippen LogP) is 8.83. The van der Waals surface area contributed by atoms with E-state index in [4.69, 9.17) is 0 Å². The van der Waals surface area contributed by atoms with Gasteiger partial charge in [0.2, 0.25) is 0 Å². The molecule has 0 saturated carbocycles. The van der Waals surface area contributed by atoms with Gasteiger partial charge in [0.25, 0.3) is 0 Å². The molecule has 0 bridgehead atoms. The van der Waals surface area contributed by atoms with Crippen LogP contribution in [0.2, 0.25) is 0 Å². The Morgan fingerprint density at radius 3 is 1.24 bits per heavy atom. The van der Waals surface area contributed by atoms with Gasteiger partial charge in [-0.2, -0.15) is 0 Å². The highest BCUT2D eigenvalue weighted by molar-refractivity contribution is 6.21. The minimum Gasteiger partial charge on any atom is -0.396 e. The summed E-state index contributed by atoms with van der Waals surface area (Å²) < 4.78 is 0. The lowest BCUT2D eigenvalue weighted by molar-refractivity contribution is -0.149. The molecular formula is C55H60N2O5. The molecule has 2 heterocycles. The molecular weight excluding hydrogens is 769 g/mol. The van der Waals surface area contributed by atoms with E-state index in [0.29, 0.717) is 35.4 Å². The van der Waals surface area contributed by atoms with E-state index in [2.05, 4.69) is 22.8 Å². The maximum Gasteiger partial charge on any atom is 0.193 e. The molecule has 0 amide bonds. The van der Waals surface area contributed by atoms with Crippen LogP contribution in [0.25, 0.3) is 11.1 Å². The molecule has 62 heavy (non-hydrogen) atoms. The Bertz CT molecular complexity index is 2180. The standard InChI is InChI=1S/C55H60N2O5/c1-37(35-58)54(31-47(51(60)41-21-11-5-12-22-41)45(39-17-7-3-8-18-39)29-49(54)43-25-15-27-56-33-43)53(62)55(38(2)36-59)32-48(52(61)42-23-13-6-14-24-42)46(40-19-9-4-10-20-40)30-50(55)44-26-16-28-57-34-44/h3-14,17-24,29-32,37-38,43-44,49-50,56-59H,15-16,25-28,33-36H2,1-2H3/t37-,38-,43?,44?,49?,50?,54?,55?/m1/s1. The van der Waals surface area contributed by atoms with E-state index in [1.807, 2.05) is 147 Å². The van der Waals surface area contributed by atoms with Crippen LogP contribution in [-0.2, 0) is 4.79 Å². The first-order chi connectivity index (χ1) is 30.2. The summed E-state index contributed by atoms with van der Waals surface area (Å²) in [5.41, 5.74) is 2.27. The SMILES string of the molecule is C[C@H](CO)C1(C(=O)C2([C@H](C)CO)C=C(C(=O)c3ccccc3)C(c3ccccc3)=CC2C2CCCNC2)C=C(C(=O)c2ccccc2)C(c2ccccc2)=CC1C1CCCNC1. The maximum atomic E-state index is 17.4. The van der Waals surface area contributed by atoms with Crippen molar-refractivity contribution in [3.8, 4) is 0 Å². The lowest BCUT2D eigenvalue weighted by Gasteiger charge is -2.55. The van der Waals surface area contributed by atoms with Crippen molar-refractivity contribution in [2.75, 3.05) is 39.4 Å². The lowest BCUT2D eigenvalue weighted by atomic mass is 9.46. The Morgan fingerprint density at radius 2 is 0.919 bits per heavy atom. The van der Waals surface area contributed by atoms with E-state index in [9.17, 15) is 10.2 Å². The van der Waals surface area contributed by atoms with Gasteiger partial charge in [-0.3, -0.25) is 14.4 Å². The van der Waals surface area contributed by atoms with Gasteiger partial charge in [-0.25, -0.2) is 0 Å². The average molecular weight is 829 g/mol. The summed E-state index contributed by atoms with van der Waals surface area (Å²) in [4.78, 5) is 47.6.